The number of benzene rings is 6. The van der Waals surface area contributed by atoms with Crippen molar-refractivity contribution in [1.82, 2.24) is 0 Å². The Morgan fingerprint density at radius 1 is 0.529 bits per heavy atom. The second-order valence-electron chi connectivity index (χ2n) is 17.2. The van der Waals surface area contributed by atoms with E-state index in [1.165, 1.54) is 95.0 Å². The van der Waals surface area contributed by atoms with E-state index in [0.717, 1.165) is 12.8 Å². The van der Waals surface area contributed by atoms with Crippen LogP contribution in [0, 0.1) is 26.2 Å². The van der Waals surface area contributed by atoms with Crippen LogP contribution in [0.15, 0.2) is 115 Å². The van der Waals surface area contributed by atoms with Crippen LogP contribution in [0.1, 0.15) is 68.0 Å². The van der Waals surface area contributed by atoms with Gasteiger partial charge in [0, 0.05) is 34.1 Å². The summed E-state index contributed by atoms with van der Waals surface area (Å²) in [5, 5.41) is 0. The molecular formula is C48H47BN2. The highest BCUT2D eigenvalue weighted by atomic mass is 15.2. The molecule has 2 nitrogen and oxygen atoms in total. The number of fused-ring (bicyclic) bond motifs is 5. The summed E-state index contributed by atoms with van der Waals surface area (Å²) in [7, 11) is 0. The Hall–Kier alpha value is -5.02. The molecule has 0 atom stereocenters. The van der Waals surface area contributed by atoms with Crippen molar-refractivity contribution in [2.45, 2.75) is 73.6 Å². The summed E-state index contributed by atoms with van der Waals surface area (Å²) in [5.41, 5.74) is 22.9. The van der Waals surface area contributed by atoms with Gasteiger partial charge in [-0.3, -0.25) is 0 Å². The minimum Gasteiger partial charge on any atom is -0.311 e. The normalized spacial score (nSPS) is 15.3. The summed E-state index contributed by atoms with van der Waals surface area (Å²) in [5.74, 6) is 0. The topological polar surface area (TPSA) is 6.48 Å². The van der Waals surface area contributed by atoms with Crippen LogP contribution in [-0.2, 0) is 18.3 Å². The molecular weight excluding hydrogens is 615 g/mol. The van der Waals surface area contributed by atoms with Gasteiger partial charge in [-0.05, 0) is 142 Å². The third-order valence-corrected chi connectivity index (χ3v) is 11.7. The first-order valence-corrected chi connectivity index (χ1v) is 18.6. The Balaban J connectivity index is 1.36. The molecule has 0 bridgehead atoms. The maximum absolute atomic E-state index is 2.60. The van der Waals surface area contributed by atoms with Gasteiger partial charge in [0.25, 0.3) is 6.71 Å². The summed E-state index contributed by atoms with van der Waals surface area (Å²) in [6.07, 6.45) is 2.23. The van der Waals surface area contributed by atoms with Crippen molar-refractivity contribution < 1.29 is 0 Å². The van der Waals surface area contributed by atoms with E-state index in [9.17, 15) is 0 Å². The zero-order valence-corrected chi connectivity index (χ0v) is 31.4. The molecule has 0 fully saturated rings. The molecule has 2 aliphatic heterocycles. The standard InChI is InChI=1S/C48H47BN2/c1-30-23-44-46-45(24-30)51(41-16-12-10-14-32(41)3)43-27-36-29-48(7,8)28-35(36)26-39(43)49(46)38-25-34(33-17-20-37(21-18-33)47(4,5)6)19-22-42(38)50(44)40-15-11-9-13-31(40)2/h9-27H,28-29H2,1-8H3. The van der Waals surface area contributed by atoms with Gasteiger partial charge in [-0.2, -0.15) is 0 Å². The van der Waals surface area contributed by atoms with Gasteiger partial charge >= 0.3 is 0 Å². The van der Waals surface area contributed by atoms with E-state index in [0.29, 0.717) is 0 Å². The Labute approximate surface area is 304 Å². The highest BCUT2D eigenvalue weighted by molar-refractivity contribution is 7.00. The molecule has 0 N–H and O–H groups in total. The van der Waals surface area contributed by atoms with Gasteiger partial charge in [-0.1, -0.05) is 113 Å². The fourth-order valence-corrected chi connectivity index (χ4v) is 9.19. The number of aryl methyl sites for hydroxylation is 3. The van der Waals surface area contributed by atoms with Crippen molar-refractivity contribution in [3.63, 3.8) is 0 Å². The van der Waals surface area contributed by atoms with E-state index in [2.05, 4.69) is 180 Å². The molecule has 0 aromatic heterocycles. The van der Waals surface area contributed by atoms with Crippen LogP contribution < -0.4 is 26.2 Å². The lowest BCUT2D eigenvalue weighted by Gasteiger charge is -2.45. The summed E-state index contributed by atoms with van der Waals surface area (Å²) in [4.78, 5) is 5.14. The van der Waals surface area contributed by atoms with Crippen molar-refractivity contribution in [3.05, 3.63) is 149 Å². The van der Waals surface area contributed by atoms with Gasteiger partial charge in [0.05, 0.1) is 0 Å². The third kappa shape index (κ3) is 5.07. The van der Waals surface area contributed by atoms with Crippen molar-refractivity contribution in [2.24, 2.45) is 5.41 Å². The lowest BCUT2D eigenvalue weighted by Crippen LogP contribution is -2.61. The van der Waals surface area contributed by atoms with E-state index in [1.807, 2.05) is 0 Å². The van der Waals surface area contributed by atoms with Crippen molar-refractivity contribution in [3.8, 4) is 11.1 Å². The average Bonchev–Trinajstić information content (AvgIpc) is 3.40. The van der Waals surface area contributed by atoms with Crippen molar-refractivity contribution in [1.29, 1.82) is 0 Å². The molecule has 0 amide bonds. The average molecular weight is 663 g/mol. The minimum absolute atomic E-state index is 0.101. The predicted octanol–water partition coefficient (Wildman–Crippen LogP) is 10.8. The van der Waals surface area contributed by atoms with E-state index < -0.39 is 0 Å². The molecule has 0 saturated heterocycles. The maximum atomic E-state index is 2.60. The first-order valence-electron chi connectivity index (χ1n) is 18.6. The zero-order chi connectivity index (χ0) is 35.4. The zero-order valence-electron chi connectivity index (χ0n) is 31.4. The van der Waals surface area contributed by atoms with Gasteiger partial charge in [-0.15, -0.1) is 0 Å². The van der Waals surface area contributed by atoms with Gasteiger partial charge in [0.1, 0.15) is 0 Å². The molecule has 2 heterocycles. The first kappa shape index (κ1) is 31.9. The van der Waals surface area contributed by atoms with Crippen LogP contribution in [0.4, 0.5) is 34.1 Å². The highest BCUT2D eigenvalue weighted by Gasteiger charge is 2.45. The molecule has 0 spiro atoms. The second-order valence-corrected chi connectivity index (χ2v) is 17.2. The largest absolute Gasteiger partial charge is 0.311 e. The van der Waals surface area contributed by atoms with Gasteiger partial charge in [0.15, 0.2) is 0 Å². The highest BCUT2D eigenvalue weighted by Crippen LogP contribution is 2.48. The molecule has 0 unspecified atom stereocenters. The van der Waals surface area contributed by atoms with E-state index in [-0.39, 0.29) is 17.5 Å². The fourth-order valence-electron chi connectivity index (χ4n) is 9.19. The quantitative estimate of drug-likeness (QED) is 0.174. The summed E-state index contributed by atoms with van der Waals surface area (Å²) >= 11 is 0. The maximum Gasteiger partial charge on any atom is 0.252 e. The van der Waals surface area contributed by atoms with E-state index >= 15 is 0 Å². The molecule has 9 rings (SSSR count). The molecule has 252 valence electrons. The molecule has 0 saturated carbocycles. The number of hydrogen-bond acceptors (Lipinski definition) is 2. The number of rotatable bonds is 3. The molecule has 3 aliphatic rings. The molecule has 3 heteroatoms. The van der Waals surface area contributed by atoms with E-state index in [1.54, 1.807) is 0 Å². The van der Waals surface area contributed by atoms with Gasteiger partial charge < -0.3 is 9.80 Å². The van der Waals surface area contributed by atoms with Crippen LogP contribution in [0.5, 0.6) is 0 Å². The molecule has 51 heavy (non-hydrogen) atoms. The Morgan fingerprint density at radius 3 is 1.65 bits per heavy atom. The molecule has 0 radical (unpaired) electrons. The summed E-state index contributed by atoms with van der Waals surface area (Å²) < 4.78 is 0. The predicted molar refractivity (Wildman–Crippen MR) is 220 cm³/mol. The monoisotopic (exact) mass is 662 g/mol. The SMILES string of the molecule is Cc1cc2c3c(c1)N(c1ccccc1C)c1cc4c(cc1B3c1cc(-c3ccc(C(C)(C)C)cc3)ccc1N2c1ccccc1C)CC(C)(C)C4. The van der Waals surface area contributed by atoms with Crippen molar-refractivity contribution >= 4 is 57.2 Å². The number of nitrogens with zero attached hydrogens (tertiary/aromatic N) is 2. The second kappa shape index (κ2) is 11.2. The Kier molecular flexibility index (Phi) is 7.04. The Morgan fingerprint density at radius 2 is 1.06 bits per heavy atom. The lowest BCUT2D eigenvalue weighted by atomic mass is 9.33. The van der Waals surface area contributed by atoms with Crippen LogP contribution in [0.3, 0.4) is 0 Å². The third-order valence-electron chi connectivity index (χ3n) is 11.7. The first-order chi connectivity index (χ1) is 24.4. The Bertz CT molecular complexity index is 2380. The fraction of sp³-hybridized carbons (Fsp3) is 0.250. The van der Waals surface area contributed by atoms with E-state index in [4.69, 9.17) is 0 Å². The van der Waals surface area contributed by atoms with Crippen LogP contribution in [0.25, 0.3) is 11.1 Å². The summed E-state index contributed by atoms with van der Waals surface area (Å²) in [6.45, 7) is 18.6. The van der Waals surface area contributed by atoms with Crippen molar-refractivity contribution in [2.75, 3.05) is 9.80 Å². The lowest BCUT2D eigenvalue weighted by molar-refractivity contribution is 0.392. The van der Waals surface area contributed by atoms with Gasteiger partial charge in [-0.25, -0.2) is 0 Å². The van der Waals surface area contributed by atoms with Crippen LogP contribution in [0.2, 0.25) is 0 Å². The molecule has 6 aromatic rings. The minimum atomic E-state index is 0.101. The smallest absolute Gasteiger partial charge is 0.252 e. The van der Waals surface area contributed by atoms with Crippen LogP contribution >= 0.6 is 0 Å². The van der Waals surface area contributed by atoms with Gasteiger partial charge in [0.2, 0.25) is 0 Å². The molecule has 6 aromatic carbocycles. The molecule has 1 aliphatic carbocycles. The summed E-state index contributed by atoms with van der Waals surface area (Å²) in [6, 6.07) is 44.3. The number of anilines is 6. The van der Waals surface area contributed by atoms with Crippen LogP contribution in [-0.4, -0.2) is 6.71 Å². The number of hydrogen-bond donors (Lipinski definition) is 0. The number of para-hydroxylation sites is 2.